The van der Waals surface area contributed by atoms with Crippen molar-refractivity contribution >= 4 is 39.2 Å². The molecule has 1 saturated heterocycles. The Morgan fingerprint density at radius 3 is 2.67 bits per heavy atom. The van der Waals surface area contributed by atoms with Crippen molar-refractivity contribution < 1.29 is 9.18 Å². The summed E-state index contributed by atoms with van der Waals surface area (Å²) in [6, 6.07) is 6.42. The average molecular weight is 403 g/mol. The lowest BCUT2D eigenvalue weighted by molar-refractivity contribution is -0.129. The van der Waals surface area contributed by atoms with Gasteiger partial charge in [0.05, 0.1) is 11.1 Å². The Hall–Kier alpha value is -2.03. The normalized spacial score (nSPS) is 15.4. The number of aromatic nitrogens is 2. The zero-order valence-electron chi connectivity index (χ0n) is 14.9. The van der Waals surface area contributed by atoms with Gasteiger partial charge in [-0.25, -0.2) is 14.4 Å². The minimum absolute atomic E-state index is 0.137. The second-order valence-corrected chi connectivity index (χ2v) is 8.31. The number of rotatable bonds is 4. The summed E-state index contributed by atoms with van der Waals surface area (Å²) in [5.74, 6) is 0.231. The Morgan fingerprint density at radius 1 is 1.19 bits per heavy atom. The van der Waals surface area contributed by atoms with Crippen molar-refractivity contribution in [1.82, 2.24) is 19.8 Å². The molecule has 0 radical (unpaired) electrons. The fourth-order valence-electron chi connectivity index (χ4n) is 3.08. The van der Waals surface area contributed by atoms with Crippen molar-refractivity contribution in [2.75, 3.05) is 39.0 Å². The highest BCUT2D eigenvalue weighted by molar-refractivity contribution is 8.00. The molecule has 1 amide bonds. The summed E-state index contributed by atoms with van der Waals surface area (Å²) < 4.78 is 13.3. The predicted octanol–water partition coefficient (Wildman–Crippen LogP) is 3.36. The molecular weight excluding hydrogens is 383 g/mol. The summed E-state index contributed by atoms with van der Waals surface area (Å²) in [5.41, 5.74) is 1.90. The van der Waals surface area contributed by atoms with Gasteiger partial charge in [-0.3, -0.25) is 4.79 Å². The van der Waals surface area contributed by atoms with Crippen LogP contribution in [0.2, 0.25) is 0 Å². The van der Waals surface area contributed by atoms with Crippen molar-refractivity contribution in [3.63, 3.8) is 0 Å². The van der Waals surface area contributed by atoms with Gasteiger partial charge in [0, 0.05) is 37.1 Å². The standard InChI is InChI=1S/C19H19FN4OS2/c1-23-6-8-24(9-7-23)16(25)11-27-19-17-15(10-26-18(17)21-12-22-19)13-2-4-14(20)5-3-13/h2-5,10,12H,6-9,11H2,1H3. The van der Waals surface area contributed by atoms with Crippen LogP contribution < -0.4 is 0 Å². The van der Waals surface area contributed by atoms with E-state index < -0.39 is 0 Å². The van der Waals surface area contributed by atoms with E-state index in [1.54, 1.807) is 12.1 Å². The highest BCUT2D eigenvalue weighted by Crippen LogP contribution is 2.37. The van der Waals surface area contributed by atoms with E-state index in [1.165, 1.54) is 41.6 Å². The van der Waals surface area contributed by atoms with Gasteiger partial charge in [-0.2, -0.15) is 0 Å². The second kappa shape index (κ2) is 7.92. The number of benzene rings is 1. The van der Waals surface area contributed by atoms with Crippen LogP contribution in [0.5, 0.6) is 0 Å². The molecule has 0 bridgehead atoms. The molecule has 5 nitrogen and oxygen atoms in total. The molecule has 1 aromatic carbocycles. The molecule has 0 spiro atoms. The molecule has 0 atom stereocenters. The van der Waals surface area contributed by atoms with Crippen molar-refractivity contribution in [3.8, 4) is 11.1 Å². The minimum Gasteiger partial charge on any atom is -0.339 e. The summed E-state index contributed by atoms with van der Waals surface area (Å²) in [4.78, 5) is 26.3. The lowest BCUT2D eigenvalue weighted by Gasteiger charge is -2.32. The van der Waals surface area contributed by atoms with E-state index in [-0.39, 0.29) is 11.7 Å². The Morgan fingerprint density at radius 2 is 1.93 bits per heavy atom. The number of amides is 1. The summed E-state index contributed by atoms with van der Waals surface area (Å²) in [6.07, 6.45) is 1.54. The molecular formula is C19H19FN4OS2. The molecule has 2 aromatic heterocycles. The number of likely N-dealkylation sites (N-methyl/N-ethyl adjacent to an activating group) is 1. The van der Waals surface area contributed by atoms with Gasteiger partial charge >= 0.3 is 0 Å². The van der Waals surface area contributed by atoms with Crippen molar-refractivity contribution in [1.29, 1.82) is 0 Å². The van der Waals surface area contributed by atoms with Crippen LogP contribution in [0.15, 0.2) is 41.0 Å². The van der Waals surface area contributed by atoms with Gasteiger partial charge in [-0.1, -0.05) is 23.9 Å². The first-order chi connectivity index (χ1) is 13.1. The first-order valence-electron chi connectivity index (χ1n) is 8.69. The fourth-order valence-corrected chi connectivity index (χ4v) is 4.97. The third-order valence-electron chi connectivity index (χ3n) is 4.68. The molecule has 140 valence electrons. The topological polar surface area (TPSA) is 49.3 Å². The van der Waals surface area contributed by atoms with Crippen LogP contribution >= 0.6 is 23.1 Å². The third kappa shape index (κ3) is 3.97. The van der Waals surface area contributed by atoms with E-state index in [9.17, 15) is 9.18 Å². The maximum atomic E-state index is 13.3. The van der Waals surface area contributed by atoms with Gasteiger partial charge in [-0.05, 0) is 24.7 Å². The van der Waals surface area contributed by atoms with Crippen molar-refractivity contribution in [2.24, 2.45) is 0 Å². The molecule has 0 aliphatic carbocycles. The van der Waals surface area contributed by atoms with Crippen LogP contribution in [0, 0.1) is 5.82 Å². The van der Waals surface area contributed by atoms with Crippen LogP contribution in [0.1, 0.15) is 0 Å². The number of fused-ring (bicyclic) bond motifs is 1. The Balaban J connectivity index is 1.56. The highest BCUT2D eigenvalue weighted by Gasteiger charge is 2.20. The number of halogens is 1. The fraction of sp³-hybridized carbons (Fsp3) is 0.316. The van der Waals surface area contributed by atoms with E-state index in [0.717, 1.165) is 52.5 Å². The predicted molar refractivity (Wildman–Crippen MR) is 108 cm³/mol. The summed E-state index contributed by atoms with van der Waals surface area (Å²) in [5, 5.41) is 3.74. The molecule has 1 aliphatic rings. The quantitative estimate of drug-likeness (QED) is 0.495. The molecule has 1 aliphatic heterocycles. The highest BCUT2D eigenvalue weighted by atomic mass is 32.2. The van der Waals surface area contributed by atoms with E-state index in [0.29, 0.717) is 5.75 Å². The lowest BCUT2D eigenvalue weighted by Crippen LogP contribution is -2.47. The monoisotopic (exact) mass is 402 g/mol. The summed E-state index contributed by atoms with van der Waals surface area (Å²) in [7, 11) is 2.07. The Labute approximate surface area is 165 Å². The first-order valence-corrected chi connectivity index (χ1v) is 10.6. The number of nitrogens with zero attached hydrogens (tertiary/aromatic N) is 4. The summed E-state index contributed by atoms with van der Waals surface area (Å²) in [6.45, 7) is 3.36. The maximum Gasteiger partial charge on any atom is 0.233 e. The van der Waals surface area contributed by atoms with Gasteiger partial charge in [0.2, 0.25) is 5.91 Å². The van der Waals surface area contributed by atoms with Gasteiger partial charge in [0.25, 0.3) is 0 Å². The van der Waals surface area contributed by atoms with Crippen LogP contribution in [-0.4, -0.2) is 64.7 Å². The van der Waals surface area contributed by atoms with Gasteiger partial charge in [0.15, 0.2) is 0 Å². The first kappa shape index (κ1) is 18.3. The molecule has 27 heavy (non-hydrogen) atoms. The number of hydrogen-bond donors (Lipinski definition) is 0. The smallest absolute Gasteiger partial charge is 0.233 e. The van der Waals surface area contributed by atoms with Crippen LogP contribution in [-0.2, 0) is 4.79 Å². The molecule has 3 heterocycles. The number of thioether (sulfide) groups is 1. The number of carbonyl (C=O) groups is 1. The van der Waals surface area contributed by atoms with Crippen molar-refractivity contribution in [2.45, 2.75) is 5.03 Å². The summed E-state index contributed by atoms with van der Waals surface area (Å²) >= 11 is 2.98. The zero-order chi connectivity index (χ0) is 18.8. The zero-order valence-corrected chi connectivity index (χ0v) is 16.5. The molecule has 0 saturated carbocycles. The molecule has 0 N–H and O–H groups in total. The van der Waals surface area contributed by atoms with Gasteiger partial charge < -0.3 is 9.80 Å². The maximum absolute atomic E-state index is 13.3. The Bertz CT molecular complexity index is 952. The van der Waals surface area contributed by atoms with Crippen LogP contribution in [0.25, 0.3) is 21.3 Å². The number of thiophene rings is 1. The van der Waals surface area contributed by atoms with Crippen LogP contribution in [0.3, 0.4) is 0 Å². The average Bonchev–Trinajstić information content (AvgIpc) is 3.12. The van der Waals surface area contributed by atoms with Crippen LogP contribution in [0.4, 0.5) is 4.39 Å². The number of carbonyl (C=O) groups excluding carboxylic acids is 1. The largest absolute Gasteiger partial charge is 0.339 e. The molecule has 8 heteroatoms. The molecule has 0 unspecified atom stereocenters. The van der Waals surface area contributed by atoms with E-state index in [4.69, 9.17) is 0 Å². The van der Waals surface area contributed by atoms with E-state index >= 15 is 0 Å². The molecule has 1 fully saturated rings. The third-order valence-corrected chi connectivity index (χ3v) is 6.54. The Kier molecular flexibility index (Phi) is 5.38. The second-order valence-electron chi connectivity index (χ2n) is 6.49. The van der Waals surface area contributed by atoms with E-state index in [1.807, 2.05) is 10.3 Å². The lowest BCUT2D eigenvalue weighted by atomic mass is 10.1. The molecule has 3 aromatic rings. The van der Waals surface area contributed by atoms with Crippen molar-refractivity contribution in [3.05, 3.63) is 41.8 Å². The molecule has 4 rings (SSSR count). The van der Waals surface area contributed by atoms with Gasteiger partial charge in [-0.15, -0.1) is 11.3 Å². The van der Waals surface area contributed by atoms with E-state index in [2.05, 4.69) is 21.9 Å². The SMILES string of the molecule is CN1CCN(C(=O)CSc2ncnc3scc(-c4ccc(F)cc4)c23)CC1. The number of piperazine rings is 1. The number of hydrogen-bond acceptors (Lipinski definition) is 6. The minimum atomic E-state index is -0.262. The van der Waals surface area contributed by atoms with Gasteiger partial charge in [0.1, 0.15) is 22.0 Å².